The number of allylic oxidation sites excluding steroid dienone is 5. The van der Waals surface area contributed by atoms with E-state index >= 15 is 0 Å². The van der Waals surface area contributed by atoms with E-state index < -0.39 is 11.9 Å². The fraction of sp³-hybridized carbons (Fsp3) is 0.511. The predicted molar refractivity (Wildman–Crippen MR) is 228 cm³/mol. The van der Waals surface area contributed by atoms with Gasteiger partial charge in [-0.3, -0.25) is 14.4 Å². The van der Waals surface area contributed by atoms with E-state index in [4.69, 9.17) is 30.1 Å². The molecule has 0 N–H and O–H groups in total. The fourth-order valence-corrected chi connectivity index (χ4v) is 9.06. The van der Waals surface area contributed by atoms with E-state index in [0.717, 1.165) is 64.0 Å². The molecule has 10 heteroatoms. The molecule has 5 heterocycles. The molecule has 2 aromatic rings. The van der Waals surface area contributed by atoms with Crippen LogP contribution in [0.2, 0.25) is 0 Å². The van der Waals surface area contributed by atoms with Crippen molar-refractivity contribution >= 4 is 58.5 Å². The summed E-state index contributed by atoms with van der Waals surface area (Å²) in [5, 5.41) is 12.1. The van der Waals surface area contributed by atoms with Crippen molar-refractivity contribution < 1.29 is 23.9 Å². The van der Waals surface area contributed by atoms with E-state index in [0.29, 0.717) is 40.2 Å². The Hall–Kier alpha value is -4.02. The quantitative estimate of drug-likeness (QED) is 0.0824. The summed E-state index contributed by atoms with van der Waals surface area (Å²) in [5.41, 5.74) is 9.39. The molecule has 2 aromatic heterocycles. The SMILES string of the molecule is C=CC1=C2/C=c3\[n-]/c(c(CC)c3C)=C\c3[n-]c4c(c3C)C(=O)[C@H](C(=O)OC)/C4=C3/[N-]C(/C=C(\[N-]2)C1C)[C@@H](C)[C@@H]3CCC(=O)OC/C=C(\C)CCC[C@H](C)CCC.[Mg+2]. The Bertz CT molecular complexity index is 2160. The van der Waals surface area contributed by atoms with Crippen LogP contribution in [-0.4, -0.2) is 60.5 Å². The van der Waals surface area contributed by atoms with Crippen LogP contribution >= 0.6 is 0 Å². The van der Waals surface area contributed by atoms with Gasteiger partial charge in [0.1, 0.15) is 12.5 Å². The smallest absolute Gasteiger partial charge is 0.681 e. The number of hydrogen-bond acceptors (Lipinski definition) is 5. The van der Waals surface area contributed by atoms with E-state index in [1.165, 1.54) is 31.9 Å². The molecule has 3 aliphatic heterocycles. The molecule has 0 amide bonds. The van der Waals surface area contributed by atoms with Crippen LogP contribution in [0.4, 0.5) is 0 Å². The number of aromatic nitrogens is 2. The minimum Gasteiger partial charge on any atom is -0.681 e. The van der Waals surface area contributed by atoms with Gasteiger partial charge in [-0.25, -0.2) is 0 Å². The monoisotopic (exact) mass is 782 g/mol. The molecule has 0 spiro atoms. The molecule has 1 saturated heterocycles. The number of carbonyl (C=O) groups excluding carboxylic acids is 3. The number of methoxy groups -OCH3 is 1. The number of ketones is 1. The summed E-state index contributed by atoms with van der Waals surface area (Å²) in [6.07, 6.45) is 17.1. The normalized spacial score (nSPS) is 26.3. The van der Waals surface area contributed by atoms with Crippen LogP contribution in [0.3, 0.4) is 0 Å². The Morgan fingerprint density at radius 2 is 1.79 bits per heavy atom. The average Bonchev–Trinajstić information content (AvgIpc) is 3.91. The first-order valence-corrected chi connectivity index (χ1v) is 20.5. The first-order chi connectivity index (χ1) is 26.8. The molecule has 1 fully saturated rings. The summed E-state index contributed by atoms with van der Waals surface area (Å²) >= 11 is 0. The van der Waals surface area contributed by atoms with Gasteiger partial charge in [0.15, 0.2) is 5.78 Å². The third-order valence-electron chi connectivity index (χ3n) is 12.5. The van der Waals surface area contributed by atoms with Gasteiger partial charge in [-0.1, -0.05) is 118 Å². The number of Topliss-reactive ketones (excluding diaryl/α,β-unsaturated/α-hetero) is 1. The number of carbonyl (C=O) groups is 3. The maximum Gasteiger partial charge on any atom is 2.00 e. The zero-order valence-corrected chi connectivity index (χ0v) is 36.9. The van der Waals surface area contributed by atoms with Gasteiger partial charge in [0.05, 0.1) is 7.11 Å². The van der Waals surface area contributed by atoms with E-state index in [1.807, 2.05) is 31.2 Å². The van der Waals surface area contributed by atoms with Crippen LogP contribution in [-0.2, 0) is 25.5 Å². The van der Waals surface area contributed by atoms with Crippen molar-refractivity contribution in [1.29, 1.82) is 0 Å². The number of fused-ring (bicyclic) bond motifs is 7. The number of ether oxygens (including phenoxy) is 2. The zero-order chi connectivity index (χ0) is 40.4. The molecule has 300 valence electrons. The minimum atomic E-state index is -1.20. The molecular weight excluding hydrogens is 725 g/mol. The van der Waals surface area contributed by atoms with E-state index in [1.54, 1.807) is 0 Å². The van der Waals surface area contributed by atoms with Crippen LogP contribution in [0.1, 0.15) is 125 Å². The van der Waals surface area contributed by atoms with Gasteiger partial charge < -0.3 is 30.1 Å². The van der Waals surface area contributed by atoms with Crippen LogP contribution in [0.15, 0.2) is 53.0 Å². The zero-order valence-electron chi connectivity index (χ0n) is 35.5. The Morgan fingerprint density at radius 3 is 2.47 bits per heavy atom. The van der Waals surface area contributed by atoms with Gasteiger partial charge in [0, 0.05) is 12.0 Å². The first kappa shape index (κ1) is 44.1. The third-order valence-corrected chi connectivity index (χ3v) is 12.5. The Labute approximate surface area is 354 Å². The Morgan fingerprint density at radius 1 is 1.04 bits per heavy atom. The summed E-state index contributed by atoms with van der Waals surface area (Å²) in [7, 11) is 1.30. The second-order valence-corrected chi connectivity index (χ2v) is 16.2. The molecule has 8 bridgehead atoms. The topological polar surface area (TPSA) is 126 Å². The second kappa shape index (κ2) is 18.7. The van der Waals surface area contributed by atoms with E-state index in [-0.39, 0.29) is 71.6 Å². The van der Waals surface area contributed by atoms with E-state index in [2.05, 4.69) is 61.1 Å². The molecule has 6 atom stereocenters. The van der Waals surface area contributed by atoms with Gasteiger partial charge >= 0.3 is 35.0 Å². The summed E-state index contributed by atoms with van der Waals surface area (Å²) in [6.45, 7) is 21.3. The van der Waals surface area contributed by atoms with Gasteiger partial charge in [0.2, 0.25) is 0 Å². The van der Waals surface area contributed by atoms with Crippen molar-refractivity contribution in [2.24, 2.45) is 29.6 Å². The summed E-state index contributed by atoms with van der Waals surface area (Å²) in [5.74, 6) is -2.14. The van der Waals surface area contributed by atoms with Crippen molar-refractivity contribution in [3.8, 4) is 0 Å². The number of rotatable bonds is 14. The first-order valence-electron chi connectivity index (χ1n) is 20.5. The van der Waals surface area contributed by atoms with E-state index in [9.17, 15) is 14.4 Å². The fourth-order valence-electron chi connectivity index (χ4n) is 9.06. The van der Waals surface area contributed by atoms with Crippen LogP contribution < -0.4 is 20.7 Å². The largest absolute Gasteiger partial charge is 2.00 e. The van der Waals surface area contributed by atoms with Crippen LogP contribution in [0, 0.1) is 43.4 Å². The number of nitrogens with zero attached hydrogens (tertiary/aromatic N) is 4. The van der Waals surface area contributed by atoms with Crippen molar-refractivity contribution in [3.63, 3.8) is 0 Å². The van der Waals surface area contributed by atoms with Crippen LogP contribution in [0.25, 0.3) is 28.4 Å². The standard InChI is InChI=1S/C47H59N4O5.Mg/c1-11-15-25(4)16-14-17-26(5)20-21-56-40(52)19-18-33-29(8)36-22-34-27(6)31(12-2)38(48-34)23-35-28(7)32(13-3)39(49-35)24-37-30(9)41-45(51-37)42(44(33)50-36)43(46(41)53)47(54)55-10;/h12,20,22-25,27,29,33,36,43H,2,11,13-19,21H2,1,3-10H3,(H-,50,51,53);/q-3;+2/p-1/b26-20+,34-22-,35-23-,39-24-;/t25-,27?,29+,33+,36?,43-;/m1./s1. The Kier molecular flexibility index (Phi) is 14.5. The molecule has 4 aliphatic rings. The third kappa shape index (κ3) is 8.73. The molecule has 0 aromatic carbocycles. The van der Waals surface area contributed by atoms with Crippen molar-refractivity contribution in [1.82, 2.24) is 9.97 Å². The molecule has 2 unspecified atom stereocenters. The average molecular weight is 783 g/mol. The van der Waals surface area contributed by atoms with Gasteiger partial charge in [-0.2, -0.15) is 11.4 Å². The summed E-state index contributed by atoms with van der Waals surface area (Å²) < 4.78 is 11.0. The minimum absolute atomic E-state index is 0. The van der Waals surface area contributed by atoms with Gasteiger partial charge in [-0.15, -0.1) is 33.9 Å². The van der Waals surface area contributed by atoms with Crippen molar-refractivity contribution in [2.75, 3.05) is 13.7 Å². The Balaban J connectivity index is 0.00000620. The molecule has 0 radical (unpaired) electrons. The molecule has 6 rings (SSSR count). The number of esters is 2. The molecule has 9 nitrogen and oxygen atoms in total. The summed E-state index contributed by atoms with van der Waals surface area (Å²) in [4.78, 5) is 51.2. The van der Waals surface area contributed by atoms with Gasteiger partial charge in [-0.05, 0) is 76.2 Å². The summed E-state index contributed by atoms with van der Waals surface area (Å²) in [6, 6.07) is -0.333. The predicted octanol–water partition coefficient (Wildman–Crippen LogP) is 7.95. The van der Waals surface area contributed by atoms with Crippen molar-refractivity contribution in [3.05, 3.63) is 108 Å². The number of hydrogen-bond donors (Lipinski definition) is 0. The maximum absolute atomic E-state index is 14.3. The molecule has 57 heavy (non-hydrogen) atoms. The molecule has 1 aliphatic carbocycles. The molecular formula is C47H58MgN4O5-2. The van der Waals surface area contributed by atoms with Crippen LogP contribution in [0.5, 0.6) is 0 Å². The second-order valence-electron chi connectivity index (χ2n) is 16.2. The molecule has 0 saturated carbocycles. The maximum atomic E-state index is 14.3. The van der Waals surface area contributed by atoms with Gasteiger partial charge in [0.25, 0.3) is 0 Å². The van der Waals surface area contributed by atoms with Crippen molar-refractivity contribution in [2.45, 2.75) is 113 Å².